The molecule has 0 spiro atoms. The third-order valence-electron chi connectivity index (χ3n) is 3.41. The van der Waals surface area contributed by atoms with Crippen molar-refractivity contribution in [2.45, 2.75) is 38.2 Å². The maximum atomic E-state index is 12.1. The van der Waals surface area contributed by atoms with Gasteiger partial charge in [-0.25, -0.2) is 14.5 Å². The van der Waals surface area contributed by atoms with Gasteiger partial charge < -0.3 is 14.9 Å². The lowest BCUT2D eigenvalue weighted by atomic mass is 10.2. The van der Waals surface area contributed by atoms with E-state index in [1.165, 1.54) is 11.8 Å². The molecule has 3 rings (SSSR count). The molecule has 3 aromatic heterocycles. The fourth-order valence-corrected chi connectivity index (χ4v) is 3.12. The van der Waals surface area contributed by atoms with Gasteiger partial charge in [-0.3, -0.25) is 0 Å². The molecule has 0 unspecified atom stereocenters. The Morgan fingerprint density at radius 1 is 1.36 bits per heavy atom. The molecular weight excluding hydrogens is 346 g/mol. The van der Waals surface area contributed by atoms with Crippen molar-refractivity contribution >= 4 is 34.6 Å². The number of hydrogen-bond donors (Lipinski definition) is 1. The zero-order valence-corrected chi connectivity index (χ0v) is 14.8. The summed E-state index contributed by atoms with van der Waals surface area (Å²) in [6.07, 6.45) is 0. The molecule has 0 radical (unpaired) electrons. The van der Waals surface area contributed by atoms with E-state index in [2.05, 4.69) is 25.5 Å². The zero-order valence-electron chi connectivity index (χ0n) is 14.0. The Balaban J connectivity index is 1.91. The second-order valence-electron chi connectivity index (χ2n) is 5.02. The number of aryl methyl sites for hydroxylation is 2. The van der Waals surface area contributed by atoms with Gasteiger partial charge in [0.05, 0.1) is 17.7 Å². The van der Waals surface area contributed by atoms with Crippen molar-refractivity contribution in [3.8, 4) is 0 Å². The van der Waals surface area contributed by atoms with E-state index in [1.54, 1.807) is 18.5 Å². The quantitative estimate of drug-likeness (QED) is 0.508. The second kappa shape index (κ2) is 7.05. The molecule has 0 atom stereocenters. The molecule has 3 heterocycles. The molecule has 0 fully saturated rings. The number of carbonyl (C=O) groups excluding carboxylic acids is 1. The molecule has 10 nitrogen and oxygen atoms in total. The van der Waals surface area contributed by atoms with Crippen LogP contribution in [0.3, 0.4) is 0 Å². The molecule has 2 N–H and O–H groups in total. The molecule has 0 aliphatic rings. The van der Waals surface area contributed by atoms with E-state index in [9.17, 15) is 4.79 Å². The van der Waals surface area contributed by atoms with E-state index >= 15 is 0 Å². The summed E-state index contributed by atoms with van der Waals surface area (Å²) >= 11 is 1.39. The van der Waals surface area contributed by atoms with E-state index in [-0.39, 0.29) is 23.7 Å². The van der Waals surface area contributed by atoms with E-state index in [0.29, 0.717) is 34.4 Å². The number of nitrogen functional groups attached to an aromatic ring is 1. The van der Waals surface area contributed by atoms with E-state index < -0.39 is 5.97 Å². The van der Waals surface area contributed by atoms with Gasteiger partial charge in [0.25, 0.3) is 0 Å². The minimum absolute atomic E-state index is 0.176. The monoisotopic (exact) mass is 363 g/mol. The zero-order chi connectivity index (χ0) is 18.0. The fraction of sp³-hybridized carbons (Fsp3) is 0.429. The number of rotatable bonds is 6. The molecule has 0 aliphatic heterocycles. The van der Waals surface area contributed by atoms with E-state index in [1.807, 2.05) is 6.92 Å². The number of anilines is 1. The topological polar surface area (TPSA) is 135 Å². The number of esters is 1. The van der Waals surface area contributed by atoms with Gasteiger partial charge in [0.15, 0.2) is 0 Å². The molecule has 132 valence electrons. The summed E-state index contributed by atoms with van der Waals surface area (Å²) in [5.74, 6) is 0.947. The molecule has 0 bridgehead atoms. The minimum Gasteiger partial charge on any atom is -0.462 e. The normalized spacial score (nSPS) is 11.2. The van der Waals surface area contributed by atoms with Gasteiger partial charge in [0, 0.05) is 6.54 Å². The lowest BCUT2D eigenvalue weighted by Crippen LogP contribution is -2.07. The maximum Gasteiger partial charge on any atom is 0.342 e. The van der Waals surface area contributed by atoms with Gasteiger partial charge in [0.2, 0.25) is 10.9 Å². The van der Waals surface area contributed by atoms with Gasteiger partial charge in [0.1, 0.15) is 23.0 Å². The molecule has 3 aromatic rings. The number of carbonyl (C=O) groups is 1. The van der Waals surface area contributed by atoms with Gasteiger partial charge in [-0.05, 0) is 31.2 Å². The van der Waals surface area contributed by atoms with Crippen LogP contribution in [0.1, 0.15) is 35.8 Å². The molecule has 0 amide bonds. The van der Waals surface area contributed by atoms with Gasteiger partial charge in [-0.2, -0.15) is 4.98 Å². The summed E-state index contributed by atoms with van der Waals surface area (Å²) in [7, 11) is 0. The first-order chi connectivity index (χ1) is 12.0. The Morgan fingerprint density at radius 2 is 2.16 bits per heavy atom. The Labute approximate surface area is 147 Å². The Bertz CT molecular complexity index is 921. The van der Waals surface area contributed by atoms with Gasteiger partial charge in [-0.15, -0.1) is 5.10 Å². The fourth-order valence-electron chi connectivity index (χ4n) is 2.32. The highest BCUT2D eigenvalue weighted by Crippen LogP contribution is 2.30. The number of ether oxygens (including phenoxy) is 1. The second-order valence-corrected chi connectivity index (χ2v) is 5.97. The lowest BCUT2D eigenvalue weighted by Gasteiger charge is -2.04. The number of nitrogens with two attached hydrogens (primary N) is 1. The molecule has 0 aliphatic carbocycles. The summed E-state index contributed by atoms with van der Waals surface area (Å²) < 4.78 is 12.3. The first-order valence-corrected chi connectivity index (χ1v) is 8.65. The van der Waals surface area contributed by atoms with Crippen LogP contribution in [-0.2, 0) is 17.0 Å². The Morgan fingerprint density at radius 3 is 2.88 bits per heavy atom. The third kappa shape index (κ3) is 3.27. The summed E-state index contributed by atoms with van der Waals surface area (Å²) in [5, 5.41) is 12.5. The van der Waals surface area contributed by atoms with Crippen LogP contribution in [0, 0.1) is 6.92 Å². The lowest BCUT2D eigenvalue weighted by molar-refractivity contribution is 0.0526. The van der Waals surface area contributed by atoms with Crippen LogP contribution in [0.5, 0.6) is 0 Å². The summed E-state index contributed by atoms with van der Waals surface area (Å²) in [5.41, 5.74) is 6.57. The number of tetrazole rings is 1. The average molecular weight is 363 g/mol. The van der Waals surface area contributed by atoms with Crippen molar-refractivity contribution in [1.82, 2.24) is 30.2 Å². The smallest absolute Gasteiger partial charge is 0.342 e. The highest BCUT2D eigenvalue weighted by molar-refractivity contribution is 7.98. The van der Waals surface area contributed by atoms with Crippen LogP contribution in [-0.4, -0.2) is 42.8 Å². The van der Waals surface area contributed by atoms with Crippen molar-refractivity contribution in [2.75, 3.05) is 12.3 Å². The van der Waals surface area contributed by atoms with Crippen molar-refractivity contribution in [3.05, 3.63) is 17.1 Å². The van der Waals surface area contributed by atoms with Crippen LogP contribution < -0.4 is 5.73 Å². The molecular formula is C14H17N7O3S. The van der Waals surface area contributed by atoms with Gasteiger partial charge in [-0.1, -0.05) is 11.8 Å². The van der Waals surface area contributed by atoms with Crippen molar-refractivity contribution in [1.29, 1.82) is 0 Å². The van der Waals surface area contributed by atoms with Crippen molar-refractivity contribution in [2.24, 2.45) is 0 Å². The number of hydrogen-bond acceptors (Lipinski definition) is 10. The highest BCUT2D eigenvalue weighted by Gasteiger charge is 2.24. The molecule has 11 heteroatoms. The van der Waals surface area contributed by atoms with Crippen LogP contribution in [0.2, 0.25) is 0 Å². The van der Waals surface area contributed by atoms with Crippen LogP contribution in [0.25, 0.3) is 11.1 Å². The maximum absolute atomic E-state index is 12.1. The Kier molecular flexibility index (Phi) is 4.83. The predicted octanol–water partition coefficient (Wildman–Crippen LogP) is 1.59. The standard InChI is InChI=1S/C14H17N7O3S/c1-4-21-14(18-19-20-21)25-6-8-16-11(15)10-9(13(22)23-5-2)7(3)24-12(10)17-8/h4-6H2,1-3H3,(H2,15,16,17). The highest BCUT2D eigenvalue weighted by atomic mass is 32.2. The summed E-state index contributed by atoms with van der Waals surface area (Å²) in [4.78, 5) is 20.7. The number of fused-ring (bicyclic) bond motifs is 1. The number of nitrogens with zero attached hydrogens (tertiary/aromatic N) is 6. The SMILES string of the molecule is CCOC(=O)c1c(C)oc2nc(CSc3nnnn3CC)nc(N)c12. The molecule has 0 saturated heterocycles. The van der Waals surface area contributed by atoms with Crippen LogP contribution >= 0.6 is 11.8 Å². The summed E-state index contributed by atoms with van der Waals surface area (Å²) in [6.45, 7) is 6.26. The largest absolute Gasteiger partial charge is 0.462 e. The Hall–Kier alpha value is -2.69. The molecule has 0 saturated carbocycles. The molecule has 25 heavy (non-hydrogen) atoms. The summed E-state index contributed by atoms with van der Waals surface area (Å²) in [6, 6.07) is 0. The predicted molar refractivity (Wildman–Crippen MR) is 90.0 cm³/mol. The average Bonchev–Trinajstić information content (AvgIpc) is 3.16. The van der Waals surface area contributed by atoms with Crippen LogP contribution in [0.4, 0.5) is 5.82 Å². The first-order valence-electron chi connectivity index (χ1n) is 7.66. The van der Waals surface area contributed by atoms with E-state index in [4.69, 9.17) is 14.9 Å². The minimum atomic E-state index is -0.502. The number of furan rings is 1. The van der Waals surface area contributed by atoms with E-state index in [0.717, 1.165) is 0 Å². The van der Waals surface area contributed by atoms with Crippen LogP contribution in [0.15, 0.2) is 9.57 Å². The number of aromatic nitrogens is 6. The number of thioether (sulfide) groups is 1. The third-order valence-corrected chi connectivity index (χ3v) is 4.36. The van der Waals surface area contributed by atoms with Crippen molar-refractivity contribution < 1.29 is 13.9 Å². The molecule has 0 aromatic carbocycles. The van der Waals surface area contributed by atoms with Gasteiger partial charge >= 0.3 is 5.97 Å². The van der Waals surface area contributed by atoms with Crippen molar-refractivity contribution in [3.63, 3.8) is 0 Å². The first kappa shape index (κ1) is 17.1.